The van der Waals surface area contributed by atoms with Gasteiger partial charge < -0.3 is 16.0 Å². The Bertz CT molecular complexity index is 832. The molecule has 0 aliphatic rings. The third-order valence-electron chi connectivity index (χ3n) is 3.73. The number of hydrogen-bond acceptors (Lipinski definition) is 5. The monoisotopic (exact) mass is 353 g/mol. The number of thiazole rings is 1. The second kappa shape index (κ2) is 7.76. The van der Waals surface area contributed by atoms with E-state index in [-0.39, 0.29) is 6.03 Å². The normalized spacial score (nSPS) is 10.4. The summed E-state index contributed by atoms with van der Waals surface area (Å²) in [5.41, 5.74) is 9.17. The maximum atomic E-state index is 12.3. The number of nitrogen functional groups attached to an aromatic ring is 1. The van der Waals surface area contributed by atoms with E-state index in [0.29, 0.717) is 11.7 Å². The zero-order valence-corrected chi connectivity index (χ0v) is 14.7. The maximum Gasteiger partial charge on any atom is 0.321 e. The lowest BCUT2D eigenvalue weighted by Crippen LogP contribution is -2.33. The summed E-state index contributed by atoms with van der Waals surface area (Å²) in [5.74, 6) is 0. The van der Waals surface area contributed by atoms with Crippen LogP contribution < -0.4 is 11.1 Å². The Labute approximate surface area is 150 Å². The number of nitrogens with one attached hydrogen (secondary N) is 1. The third-order valence-corrected chi connectivity index (χ3v) is 4.40. The highest BCUT2D eigenvalue weighted by atomic mass is 32.1. The summed E-state index contributed by atoms with van der Waals surface area (Å²) in [6.45, 7) is 0.596. The number of anilines is 2. The molecule has 2 aromatic heterocycles. The minimum Gasteiger partial charge on any atom is -0.375 e. The fourth-order valence-corrected chi connectivity index (χ4v) is 2.87. The molecule has 0 aliphatic carbocycles. The topological polar surface area (TPSA) is 84.1 Å². The second-order valence-corrected chi connectivity index (χ2v) is 6.46. The van der Waals surface area contributed by atoms with Gasteiger partial charge in [0.1, 0.15) is 0 Å². The number of pyridine rings is 1. The summed E-state index contributed by atoms with van der Waals surface area (Å²) >= 11 is 1.41. The van der Waals surface area contributed by atoms with Crippen LogP contribution in [0.2, 0.25) is 0 Å². The van der Waals surface area contributed by atoms with E-state index in [4.69, 9.17) is 5.73 Å². The van der Waals surface area contributed by atoms with E-state index in [1.54, 1.807) is 18.1 Å². The predicted octanol–water partition coefficient (Wildman–Crippen LogP) is 3.49. The first-order chi connectivity index (χ1) is 12.1. The van der Waals surface area contributed by atoms with E-state index in [0.717, 1.165) is 29.1 Å². The summed E-state index contributed by atoms with van der Waals surface area (Å²) in [4.78, 5) is 22.4. The number of carbonyl (C=O) groups excluding carboxylic acids is 1. The average molecular weight is 353 g/mol. The van der Waals surface area contributed by atoms with Gasteiger partial charge in [0.25, 0.3) is 0 Å². The molecule has 3 rings (SSSR count). The van der Waals surface area contributed by atoms with Gasteiger partial charge in [-0.25, -0.2) is 9.78 Å². The van der Waals surface area contributed by atoms with Gasteiger partial charge in [-0.3, -0.25) is 4.98 Å². The SMILES string of the molecule is CN(CCc1ccccn1)C(=O)Nc1ccc(-c2csc(N)n2)cc1. The van der Waals surface area contributed by atoms with Crippen molar-refractivity contribution in [3.05, 3.63) is 59.7 Å². The molecule has 7 heteroatoms. The minimum atomic E-state index is -0.151. The smallest absolute Gasteiger partial charge is 0.321 e. The number of aromatic nitrogens is 2. The first-order valence-electron chi connectivity index (χ1n) is 7.85. The Morgan fingerprint density at radius 2 is 2.04 bits per heavy atom. The van der Waals surface area contributed by atoms with E-state index in [1.807, 2.05) is 47.8 Å². The second-order valence-electron chi connectivity index (χ2n) is 5.57. The highest BCUT2D eigenvalue weighted by Crippen LogP contribution is 2.24. The molecule has 0 spiro atoms. The number of nitrogens with two attached hydrogens (primary N) is 1. The summed E-state index contributed by atoms with van der Waals surface area (Å²) < 4.78 is 0. The van der Waals surface area contributed by atoms with E-state index in [2.05, 4.69) is 15.3 Å². The summed E-state index contributed by atoms with van der Waals surface area (Å²) in [6, 6.07) is 13.2. The van der Waals surface area contributed by atoms with Crippen molar-refractivity contribution in [2.45, 2.75) is 6.42 Å². The van der Waals surface area contributed by atoms with Crippen LogP contribution in [0.4, 0.5) is 15.6 Å². The van der Waals surface area contributed by atoms with Gasteiger partial charge in [-0.2, -0.15) is 0 Å². The fraction of sp³-hybridized carbons (Fsp3) is 0.167. The summed E-state index contributed by atoms with van der Waals surface area (Å²) in [7, 11) is 1.77. The number of benzene rings is 1. The van der Waals surface area contributed by atoms with Crippen molar-refractivity contribution in [2.75, 3.05) is 24.6 Å². The van der Waals surface area contributed by atoms with Crippen molar-refractivity contribution in [2.24, 2.45) is 0 Å². The molecule has 0 radical (unpaired) electrons. The van der Waals surface area contributed by atoms with Gasteiger partial charge in [0, 0.05) is 48.5 Å². The van der Waals surface area contributed by atoms with Crippen LogP contribution in [0.1, 0.15) is 5.69 Å². The van der Waals surface area contributed by atoms with Gasteiger partial charge in [-0.05, 0) is 24.3 Å². The molecular formula is C18H19N5OS. The first kappa shape index (κ1) is 16.9. The highest BCUT2D eigenvalue weighted by molar-refractivity contribution is 7.13. The van der Waals surface area contributed by atoms with Crippen LogP contribution in [0, 0.1) is 0 Å². The first-order valence-corrected chi connectivity index (χ1v) is 8.73. The number of rotatable bonds is 5. The zero-order valence-electron chi connectivity index (χ0n) is 13.8. The number of nitrogens with zero attached hydrogens (tertiary/aromatic N) is 3. The standard InChI is InChI=1S/C18H19N5OS/c1-23(11-9-14-4-2-3-10-20-14)18(24)21-15-7-5-13(6-8-15)16-12-25-17(19)22-16/h2-8,10,12H,9,11H2,1H3,(H2,19,22)(H,21,24). The molecule has 0 fully saturated rings. The molecule has 0 atom stereocenters. The van der Waals surface area contributed by atoms with Crippen LogP contribution in [-0.2, 0) is 6.42 Å². The van der Waals surface area contributed by atoms with E-state index in [9.17, 15) is 4.79 Å². The molecule has 0 aliphatic heterocycles. The zero-order chi connectivity index (χ0) is 17.6. The quantitative estimate of drug-likeness (QED) is 0.735. The van der Waals surface area contributed by atoms with Gasteiger partial charge in [-0.15, -0.1) is 11.3 Å². The molecule has 0 unspecified atom stereocenters. The van der Waals surface area contributed by atoms with Crippen LogP contribution in [0.15, 0.2) is 54.0 Å². The molecule has 128 valence electrons. The van der Waals surface area contributed by atoms with Gasteiger partial charge in [0.05, 0.1) is 5.69 Å². The molecular weight excluding hydrogens is 334 g/mol. The lowest BCUT2D eigenvalue weighted by molar-refractivity contribution is 0.223. The van der Waals surface area contributed by atoms with Crippen molar-refractivity contribution in [1.82, 2.24) is 14.9 Å². The fourth-order valence-electron chi connectivity index (χ4n) is 2.29. The van der Waals surface area contributed by atoms with Crippen molar-refractivity contribution >= 4 is 28.2 Å². The van der Waals surface area contributed by atoms with Gasteiger partial charge in [0.15, 0.2) is 5.13 Å². The number of likely N-dealkylation sites (N-methyl/N-ethyl adjacent to an activating group) is 1. The van der Waals surface area contributed by atoms with Gasteiger partial charge in [-0.1, -0.05) is 18.2 Å². The Kier molecular flexibility index (Phi) is 5.25. The number of hydrogen-bond donors (Lipinski definition) is 2. The minimum absolute atomic E-state index is 0.151. The molecule has 0 saturated carbocycles. The highest BCUT2D eigenvalue weighted by Gasteiger charge is 2.09. The van der Waals surface area contributed by atoms with Crippen LogP contribution in [0.5, 0.6) is 0 Å². The van der Waals surface area contributed by atoms with Crippen molar-refractivity contribution in [3.8, 4) is 11.3 Å². The molecule has 25 heavy (non-hydrogen) atoms. The Hall–Kier alpha value is -2.93. The Morgan fingerprint density at radius 3 is 2.68 bits per heavy atom. The molecule has 3 aromatic rings. The Balaban J connectivity index is 1.55. The van der Waals surface area contributed by atoms with Crippen molar-refractivity contribution in [1.29, 1.82) is 0 Å². The van der Waals surface area contributed by atoms with Crippen molar-refractivity contribution < 1.29 is 4.79 Å². The van der Waals surface area contributed by atoms with Crippen molar-refractivity contribution in [3.63, 3.8) is 0 Å². The molecule has 0 saturated heterocycles. The molecule has 2 heterocycles. The summed E-state index contributed by atoms with van der Waals surface area (Å²) in [6.07, 6.45) is 2.47. The number of amides is 2. The Morgan fingerprint density at radius 1 is 1.24 bits per heavy atom. The summed E-state index contributed by atoms with van der Waals surface area (Å²) in [5, 5.41) is 5.34. The largest absolute Gasteiger partial charge is 0.375 e. The van der Waals surface area contributed by atoms with Crippen LogP contribution >= 0.6 is 11.3 Å². The van der Waals surface area contributed by atoms with E-state index in [1.165, 1.54) is 11.3 Å². The molecule has 1 aromatic carbocycles. The van der Waals surface area contributed by atoms with Gasteiger partial charge >= 0.3 is 6.03 Å². The molecule has 3 N–H and O–H groups in total. The van der Waals surface area contributed by atoms with Crippen LogP contribution in [-0.4, -0.2) is 34.5 Å². The average Bonchev–Trinajstić information content (AvgIpc) is 3.07. The molecule has 2 amide bonds. The molecule has 6 nitrogen and oxygen atoms in total. The lowest BCUT2D eigenvalue weighted by atomic mass is 10.1. The third kappa shape index (κ3) is 4.54. The van der Waals surface area contributed by atoms with Crippen LogP contribution in [0.3, 0.4) is 0 Å². The lowest BCUT2D eigenvalue weighted by Gasteiger charge is -2.17. The number of urea groups is 1. The van der Waals surface area contributed by atoms with Crippen LogP contribution in [0.25, 0.3) is 11.3 Å². The number of carbonyl (C=O) groups is 1. The maximum absolute atomic E-state index is 12.3. The van der Waals surface area contributed by atoms with E-state index < -0.39 is 0 Å². The van der Waals surface area contributed by atoms with Gasteiger partial charge in [0.2, 0.25) is 0 Å². The molecule has 0 bridgehead atoms. The van der Waals surface area contributed by atoms with E-state index >= 15 is 0 Å². The predicted molar refractivity (Wildman–Crippen MR) is 102 cm³/mol.